The number of aromatic nitrogens is 2. The number of ether oxygens (including phenoxy) is 1. The van der Waals surface area contributed by atoms with E-state index in [0.717, 1.165) is 45.1 Å². The number of nitrogens with zero attached hydrogens (tertiary/aromatic N) is 2. The van der Waals surface area contributed by atoms with E-state index in [1.807, 2.05) is 6.92 Å². The van der Waals surface area contributed by atoms with Crippen LogP contribution in [-0.4, -0.2) is 46.9 Å². The second-order valence-electron chi connectivity index (χ2n) is 9.26. The van der Waals surface area contributed by atoms with Crippen LogP contribution in [0.25, 0.3) is 0 Å². The van der Waals surface area contributed by atoms with Crippen LogP contribution in [-0.2, 0) is 14.3 Å². The zero-order valence-corrected chi connectivity index (χ0v) is 20.8. The van der Waals surface area contributed by atoms with Gasteiger partial charge >= 0.3 is 5.97 Å². The molecule has 3 N–H and O–H groups in total. The molecule has 0 saturated carbocycles. The van der Waals surface area contributed by atoms with Gasteiger partial charge in [0, 0.05) is 24.7 Å². The van der Waals surface area contributed by atoms with E-state index in [4.69, 9.17) is 4.74 Å². The second-order valence-corrected chi connectivity index (χ2v) is 9.26. The number of unbranched alkanes of at least 4 members (excludes halogenated alkanes) is 1. The van der Waals surface area contributed by atoms with Gasteiger partial charge in [0.25, 0.3) is 5.56 Å². The lowest BCUT2D eigenvalue weighted by molar-refractivity contribution is -0.123. The Balaban J connectivity index is 1.51. The fourth-order valence-corrected chi connectivity index (χ4v) is 4.73. The molecule has 36 heavy (non-hydrogen) atoms. The summed E-state index contributed by atoms with van der Waals surface area (Å²) in [6.07, 6.45) is 5.64. The van der Waals surface area contributed by atoms with Gasteiger partial charge in [-0.2, -0.15) is 4.98 Å². The van der Waals surface area contributed by atoms with E-state index in [-0.39, 0.29) is 29.8 Å². The van der Waals surface area contributed by atoms with E-state index in [0.29, 0.717) is 23.8 Å². The molecular weight excluding hydrogens is 462 g/mol. The Hall–Kier alpha value is -3.69. The van der Waals surface area contributed by atoms with Crippen molar-refractivity contribution >= 4 is 35.2 Å². The van der Waals surface area contributed by atoms with Crippen LogP contribution in [0.2, 0.25) is 0 Å². The molecule has 4 rings (SSSR count). The standard InChI is InChI=1S/C26H33N5O5/c1-3-5-14-36-25(35)16-9-11-17(12-10-16)27-23(33)19-15-20(32)28-22-21(19)24(34)30-26(29-22)31-13-7-6-8-18(31)4-2/h9-12,18-19H,3-8,13-15H2,1-2H3,(H,27,33)(H2,28,29,30,32,34)/t18-,19-/m0/s1. The quantitative estimate of drug-likeness (QED) is 0.377. The molecule has 2 aliphatic rings. The normalized spacial score (nSPS) is 19.3. The van der Waals surface area contributed by atoms with Gasteiger partial charge in [-0.3, -0.25) is 19.4 Å². The topological polar surface area (TPSA) is 133 Å². The summed E-state index contributed by atoms with van der Waals surface area (Å²) >= 11 is 0. The lowest BCUT2D eigenvalue weighted by Crippen LogP contribution is -2.43. The van der Waals surface area contributed by atoms with Gasteiger partial charge in [0.1, 0.15) is 5.82 Å². The first-order valence-electron chi connectivity index (χ1n) is 12.7. The highest BCUT2D eigenvalue weighted by atomic mass is 16.5. The molecule has 1 fully saturated rings. The van der Waals surface area contributed by atoms with Crippen LogP contribution in [0.5, 0.6) is 0 Å². The minimum atomic E-state index is -0.985. The van der Waals surface area contributed by atoms with Gasteiger partial charge < -0.3 is 20.3 Å². The SMILES string of the molecule is CCCCOC(=O)c1ccc(NC(=O)[C@H]2CC(=O)Nc3nc(N4CCCC[C@@H]4CC)[nH]c(=O)c32)cc1. The summed E-state index contributed by atoms with van der Waals surface area (Å²) in [5.41, 5.74) is 0.540. The molecule has 0 unspecified atom stereocenters. The van der Waals surface area contributed by atoms with Crippen LogP contribution in [0.1, 0.15) is 80.6 Å². The van der Waals surface area contributed by atoms with Crippen LogP contribution >= 0.6 is 0 Å². The highest BCUT2D eigenvalue weighted by Gasteiger charge is 2.36. The Labute approximate surface area is 209 Å². The Kier molecular flexibility index (Phi) is 8.02. The largest absolute Gasteiger partial charge is 0.462 e. The molecule has 0 spiro atoms. The number of rotatable bonds is 8. The van der Waals surface area contributed by atoms with Gasteiger partial charge in [-0.15, -0.1) is 0 Å². The minimum absolute atomic E-state index is 0.135. The number of H-pyrrole nitrogens is 1. The molecule has 10 nitrogen and oxygen atoms in total. The average Bonchev–Trinajstić information content (AvgIpc) is 2.88. The number of benzene rings is 1. The zero-order chi connectivity index (χ0) is 25.7. The first-order valence-corrected chi connectivity index (χ1v) is 12.7. The lowest BCUT2D eigenvalue weighted by Gasteiger charge is -2.36. The number of amides is 2. The predicted molar refractivity (Wildman–Crippen MR) is 136 cm³/mol. The number of nitrogens with one attached hydrogen (secondary N) is 3. The molecule has 2 amide bonds. The third-order valence-corrected chi connectivity index (χ3v) is 6.74. The van der Waals surface area contributed by atoms with Crippen molar-refractivity contribution < 1.29 is 19.1 Å². The van der Waals surface area contributed by atoms with Crippen molar-refractivity contribution in [2.45, 2.75) is 70.8 Å². The van der Waals surface area contributed by atoms with Gasteiger partial charge in [0.15, 0.2) is 0 Å². The maximum absolute atomic E-state index is 13.1. The summed E-state index contributed by atoms with van der Waals surface area (Å²) in [5, 5.41) is 5.43. The molecule has 3 heterocycles. The first-order chi connectivity index (χ1) is 17.4. The van der Waals surface area contributed by atoms with Gasteiger partial charge in [-0.05, 0) is 56.4 Å². The van der Waals surface area contributed by atoms with Crippen LogP contribution in [0, 0.1) is 0 Å². The fourth-order valence-electron chi connectivity index (χ4n) is 4.73. The van der Waals surface area contributed by atoms with E-state index < -0.39 is 23.4 Å². The number of hydrogen-bond donors (Lipinski definition) is 3. The Morgan fingerprint density at radius 1 is 1.17 bits per heavy atom. The zero-order valence-electron chi connectivity index (χ0n) is 20.8. The fraction of sp³-hybridized carbons (Fsp3) is 0.500. The molecule has 1 aromatic carbocycles. The summed E-state index contributed by atoms with van der Waals surface area (Å²) in [4.78, 5) is 60.3. The maximum atomic E-state index is 13.1. The summed E-state index contributed by atoms with van der Waals surface area (Å²) < 4.78 is 5.20. The summed E-state index contributed by atoms with van der Waals surface area (Å²) in [6, 6.07) is 6.57. The number of fused-ring (bicyclic) bond motifs is 1. The minimum Gasteiger partial charge on any atom is -0.462 e. The van der Waals surface area contributed by atoms with E-state index in [1.165, 1.54) is 0 Å². The molecule has 2 atom stereocenters. The highest BCUT2D eigenvalue weighted by molar-refractivity contribution is 6.04. The van der Waals surface area contributed by atoms with Crippen molar-refractivity contribution in [1.29, 1.82) is 0 Å². The van der Waals surface area contributed by atoms with E-state index >= 15 is 0 Å². The summed E-state index contributed by atoms with van der Waals surface area (Å²) in [5.74, 6) is -1.71. The lowest BCUT2D eigenvalue weighted by atomic mass is 9.92. The number of carbonyl (C=O) groups excluding carboxylic acids is 3. The number of carbonyl (C=O) groups is 3. The molecule has 0 bridgehead atoms. The average molecular weight is 496 g/mol. The van der Waals surface area contributed by atoms with Crippen molar-refractivity contribution in [3.63, 3.8) is 0 Å². The molecule has 2 aliphatic heterocycles. The Morgan fingerprint density at radius 2 is 1.94 bits per heavy atom. The monoisotopic (exact) mass is 495 g/mol. The van der Waals surface area contributed by atoms with Crippen LogP contribution in [0.15, 0.2) is 29.1 Å². The van der Waals surface area contributed by atoms with Crippen molar-refractivity contribution in [2.24, 2.45) is 0 Å². The van der Waals surface area contributed by atoms with Gasteiger partial charge in [-0.1, -0.05) is 20.3 Å². The number of anilines is 3. The van der Waals surface area contributed by atoms with E-state index in [2.05, 4.69) is 32.4 Å². The van der Waals surface area contributed by atoms with Gasteiger partial charge in [0.2, 0.25) is 17.8 Å². The summed E-state index contributed by atoms with van der Waals surface area (Å²) in [7, 11) is 0. The number of hydrogen-bond acceptors (Lipinski definition) is 7. The van der Waals surface area contributed by atoms with Gasteiger partial charge in [0.05, 0.1) is 23.7 Å². The molecule has 0 radical (unpaired) electrons. The molecule has 192 valence electrons. The number of aromatic amines is 1. The summed E-state index contributed by atoms with van der Waals surface area (Å²) in [6.45, 7) is 5.25. The predicted octanol–water partition coefficient (Wildman–Crippen LogP) is 3.56. The van der Waals surface area contributed by atoms with Gasteiger partial charge in [-0.25, -0.2) is 4.79 Å². The molecule has 10 heteroatoms. The molecule has 2 aromatic rings. The van der Waals surface area contributed by atoms with Crippen LogP contribution in [0.4, 0.5) is 17.5 Å². The number of piperidine rings is 1. The van der Waals surface area contributed by atoms with Crippen molar-refractivity contribution in [3.8, 4) is 0 Å². The molecule has 0 aliphatic carbocycles. The number of esters is 1. The van der Waals surface area contributed by atoms with Crippen molar-refractivity contribution in [2.75, 3.05) is 28.7 Å². The Morgan fingerprint density at radius 3 is 2.67 bits per heavy atom. The van der Waals surface area contributed by atoms with Crippen molar-refractivity contribution in [1.82, 2.24) is 9.97 Å². The van der Waals surface area contributed by atoms with E-state index in [1.54, 1.807) is 24.3 Å². The first kappa shape index (κ1) is 25.4. The smallest absolute Gasteiger partial charge is 0.338 e. The second kappa shape index (κ2) is 11.4. The third-order valence-electron chi connectivity index (χ3n) is 6.74. The Bertz CT molecular complexity index is 1180. The van der Waals surface area contributed by atoms with Crippen LogP contribution in [0.3, 0.4) is 0 Å². The third kappa shape index (κ3) is 5.58. The van der Waals surface area contributed by atoms with Crippen molar-refractivity contribution in [3.05, 3.63) is 45.7 Å². The molecule has 1 aromatic heterocycles. The maximum Gasteiger partial charge on any atom is 0.338 e. The van der Waals surface area contributed by atoms with E-state index in [9.17, 15) is 19.2 Å². The molecule has 1 saturated heterocycles. The molecular formula is C26H33N5O5. The highest BCUT2D eigenvalue weighted by Crippen LogP contribution is 2.31. The van der Waals surface area contributed by atoms with Crippen LogP contribution < -0.4 is 21.1 Å².